The molecule has 0 unspecified atom stereocenters. The lowest BCUT2D eigenvalue weighted by Crippen LogP contribution is -2.49. The van der Waals surface area contributed by atoms with Gasteiger partial charge in [-0.25, -0.2) is 0 Å². The number of nitrogens with one attached hydrogen (secondary N) is 1. The maximum atomic E-state index is 12.4. The fourth-order valence-electron chi connectivity index (χ4n) is 1.93. The zero-order valence-electron chi connectivity index (χ0n) is 12.3. The van der Waals surface area contributed by atoms with Crippen molar-refractivity contribution >= 4 is 23.4 Å². The highest BCUT2D eigenvalue weighted by molar-refractivity contribution is 6.31. The molecular formula is C15H21ClN2O2. The Morgan fingerprint density at radius 2 is 1.90 bits per heavy atom. The lowest BCUT2D eigenvalue weighted by atomic mass is 10.0. The van der Waals surface area contributed by atoms with E-state index in [1.807, 2.05) is 32.0 Å². The Hall–Kier alpha value is -1.55. The summed E-state index contributed by atoms with van der Waals surface area (Å²) in [6.45, 7) is 5.64. The average molecular weight is 297 g/mol. The van der Waals surface area contributed by atoms with Crippen LogP contribution in [0.15, 0.2) is 24.3 Å². The molecule has 110 valence electrons. The number of hydrogen-bond acceptors (Lipinski definition) is 2. The van der Waals surface area contributed by atoms with Gasteiger partial charge in [0.2, 0.25) is 11.8 Å². The molecule has 0 aliphatic rings. The van der Waals surface area contributed by atoms with Gasteiger partial charge in [-0.15, -0.1) is 0 Å². The fraction of sp³-hybridized carbons (Fsp3) is 0.467. The quantitative estimate of drug-likeness (QED) is 0.907. The van der Waals surface area contributed by atoms with Crippen LogP contribution in [0.3, 0.4) is 0 Å². The molecular weight excluding hydrogens is 276 g/mol. The monoisotopic (exact) mass is 296 g/mol. The third-order valence-electron chi connectivity index (χ3n) is 3.03. The van der Waals surface area contributed by atoms with E-state index in [2.05, 4.69) is 5.32 Å². The fourth-order valence-corrected chi connectivity index (χ4v) is 2.13. The Balaban J connectivity index is 2.79. The van der Waals surface area contributed by atoms with Crippen LogP contribution in [0.25, 0.3) is 0 Å². The van der Waals surface area contributed by atoms with Crippen LogP contribution >= 0.6 is 11.6 Å². The van der Waals surface area contributed by atoms with Gasteiger partial charge in [0.25, 0.3) is 0 Å². The van der Waals surface area contributed by atoms with Gasteiger partial charge in [0.1, 0.15) is 6.04 Å². The van der Waals surface area contributed by atoms with Crippen molar-refractivity contribution in [3.63, 3.8) is 0 Å². The molecule has 4 nitrogen and oxygen atoms in total. The number of rotatable bonds is 5. The Morgan fingerprint density at radius 1 is 1.30 bits per heavy atom. The predicted octanol–water partition coefficient (Wildman–Crippen LogP) is 2.46. The van der Waals surface area contributed by atoms with Crippen LogP contribution in [0.4, 0.5) is 0 Å². The van der Waals surface area contributed by atoms with Crippen molar-refractivity contribution in [2.24, 2.45) is 5.92 Å². The smallest absolute Gasteiger partial charge is 0.245 e. The van der Waals surface area contributed by atoms with Crippen LogP contribution in [-0.4, -0.2) is 29.8 Å². The molecule has 0 fully saturated rings. The highest BCUT2D eigenvalue weighted by Gasteiger charge is 2.26. The number of halogens is 1. The van der Waals surface area contributed by atoms with E-state index in [9.17, 15) is 9.59 Å². The number of amides is 2. The summed E-state index contributed by atoms with van der Waals surface area (Å²) in [5, 5.41) is 3.33. The van der Waals surface area contributed by atoms with Crippen molar-refractivity contribution in [2.45, 2.75) is 33.4 Å². The zero-order valence-corrected chi connectivity index (χ0v) is 13.1. The van der Waals surface area contributed by atoms with Gasteiger partial charge in [-0.2, -0.15) is 0 Å². The van der Waals surface area contributed by atoms with Crippen molar-refractivity contribution in [3.05, 3.63) is 34.9 Å². The maximum Gasteiger partial charge on any atom is 0.245 e. The summed E-state index contributed by atoms with van der Waals surface area (Å²) >= 11 is 6.09. The van der Waals surface area contributed by atoms with E-state index in [0.717, 1.165) is 5.56 Å². The Kier molecular flexibility index (Phi) is 6.02. The van der Waals surface area contributed by atoms with Gasteiger partial charge in [0, 0.05) is 25.5 Å². The lowest BCUT2D eigenvalue weighted by molar-refractivity contribution is -0.136. The minimum absolute atomic E-state index is 0.0279. The summed E-state index contributed by atoms with van der Waals surface area (Å²) in [7, 11) is 1.71. The van der Waals surface area contributed by atoms with Gasteiger partial charge >= 0.3 is 0 Å². The minimum atomic E-state index is -0.514. The molecule has 5 heteroatoms. The van der Waals surface area contributed by atoms with E-state index < -0.39 is 6.04 Å². The first-order valence-electron chi connectivity index (χ1n) is 6.58. The van der Waals surface area contributed by atoms with Crippen LogP contribution in [0.1, 0.15) is 26.3 Å². The van der Waals surface area contributed by atoms with Crippen molar-refractivity contribution in [1.29, 1.82) is 0 Å². The second-order valence-electron chi connectivity index (χ2n) is 5.21. The molecule has 0 spiro atoms. The summed E-state index contributed by atoms with van der Waals surface area (Å²) < 4.78 is 0. The van der Waals surface area contributed by atoms with E-state index >= 15 is 0 Å². The average Bonchev–Trinajstić information content (AvgIpc) is 2.37. The summed E-state index contributed by atoms with van der Waals surface area (Å²) in [4.78, 5) is 25.2. The first kappa shape index (κ1) is 16.5. The molecule has 1 aromatic carbocycles. The number of likely N-dealkylation sites (N-methyl/N-ethyl adjacent to an activating group) is 1. The SMILES string of the molecule is CC(=O)N[C@H](C(=O)N(C)Cc1ccccc1Cl)C(C)C. The minimum Gasteiger partial charge on any atom is -0.344 e. The van der Waals surface area contributed by atoms with Crippen molar-refractivity contribution in [2.75, 3.05) is 7.05 Å². The first-order chi connectivity index (χ1) is 9.32. The second-order valence-corrected chi connectivity index (χ2v) is 5.62. The third kappa shape index (κ3) is 4.53. The second kappa shape index (κ2) is 7.29. The molecule has 0 radical (unpaired) electrons. The molecule has 2 amide bonds. The molecule has 0 heterocycles. The molecule has 0 saturated heterocycles. The highest BCUT2D eigenvalue weighted by Crippen LogP contribution is 2.17. The summed E-state index contributed by atoms with van der Waals surface area (Å²) in [5.74, 6) is -0.293. The molecule has 1 rings (SSSR count). The first-order valence-corrected chi connectivity index (χ1v) is 6.96. The van der Waals surface area contributed by atoms with Crippen LogP contribution in [-0.2, 0) is 16.1 Å². The summed E-state index contributed by atoms with van der Waals surface area (Å²) in [5.41, 5.74) is 0.885. The normalized spacial score (nSPS) is 12.1. The number of hydrogen-bond donors (Lipinski definition) is 1. The van der Waals surface area contributed by atoms with Gasteiger partial charge in [-0.05, 0) is 17.5 Å². The van der Waals surface area contributed by atoms with Crippen LogP contribution in [0.5, 0.6) is 0 Å². The molecule has 0 saturated carbocycles. The number of carbonyl (C=O) groups is 2. The standard InChI is InChI=1S/C15H21ClN2O2/c1-10(2)14(17-11(3)19)15(20)18(4)9-12-7-5-6-8-13(12)16/h5-8,10,14H,9H2,1-4H3,(H,17,19)/t14-/m0/s1. The van der Waals surface area contributed by atoms with E-state index in [4.69, 9.17) is 11.6 Å². The van der Waals surface area contributed by atoms with Gasteiger partial charge in [-0.1, -0.05) is 43.6 Å². The molecule has 1 atom stereocenters. The molecule has 1 N–H and O–H groups in total. The zero-order chi connectivity index (χ0) is 15.3. The molecule has 20 heavy (non-hydrogen) atoms. The van der Waals surface area contributed by atoms with E-state index in [-0.39, 0.29) is 17.7 Å². The van der Waals surface area contributed by atoms with Crippen molar-refractivity contribution in [3.8, 4) is 0 Å². The molecule has 0 aliphatic carbocycles. The van der Waals surface area contributed by atoms with E-state index in [1.165, 1.54) is 6.92 Å². The van der Waals surface area contributed by atoms with Crippen molar-refractivity contribution < 1.29 is 9.59 Å². The van der Waals surface area contributed by atoms with Crippen LogP contribution in [0, 0.1) is 5.92 Å². The van der Waals surface area contributed by atoms with Crippen LogP contribution < -0.4 is 5.32 Å². The molecule has 0 aliphatic heterocycles. The molecule has 0 aromatic heterocycles. The molecule has 0 bridgehead atoms. The van der Waals surface area contributed by atoms with E-state index in [1.54, 1.807) is 18.0 Å². The highest BCUT2D eigenvalue weighted by atomic mass is 35.5. The summed E-state index contributed by atoms with van der Waals surface area (Å²) in [6.07, 6.45) is 0. The lowest BCUT2D eigenvalue weighted by Gasteiger charge is -2.27. The summed E-state index contributed by atoms with van der Waals surface area (Å²) in [6, 6.07) is 6.90. The van der Waals surface area contributed by atoms with E-state index in [0.29, 0.717) is 11.6 Å². The topological polar surface area (TPSA) is 49.4 Å². The number of benzene rings is 1. The predicted molar refractivity (Wildman–Crippen MR) is 80.4 cm³/mol. The van der Waals surface area contributed by atoms with Gasteiger partial charge < -0.3 is 10.2 Å². The van der Waals surface area contributed by atoms with Gasteiger partial charge in [-0.3, -0.25) is 9.59 Å². The number of nitrogens with zero attached hydrogens (tertiary/aromatic N) is 1. The largest absolute Gasteiger partial charge is 0.344 e. The van der Waals surface area contributed by atoms with Gasteiger partial charge in [0.05, 0.1) is 0 Å². The third-order valence-corrected chi connectivity index (χ3v) is 3.40. The Morgan fingerprint density at radius 3 is 2.40 bits per heavy atom. The molecule has 1 aromatic rings. The van der Waals surface area contributed by atoms with Gasteiger partial charge in [0.15, 0.2) is 0 Å². The number of carbonyl (C=O) groups excluding carboxylic acids is 2. The maximum absolute atomic E-state index is 12.4. The Labute approximate surface area is 125 Å². The van der Waals surface area contributed by atoms with Crippen LogP contribution in [0.2, 0.25) is 5.02 Å². The Bertz CT molecular complexity index is 489. The van der Waals surface area contributed by atoms with Crippen molar-refractivity contribution in [1.82, 2.24) is 10.2 Å².